The Kier molecular flexibility index (Phi) is 2.91. The number of halogens is 1. The Morgan fingerprint density at radius 1 is 1.12 bits per heavy atom. The molecular formula is C12H13FN4. The lowest BCUT2D eigenvalue weighted by Gasteiger charge is -2.08. The van der Waals surface area contributed by atoms with Crippen LogP contribution in [-0.2, 0) is 0 Å². The number of hydrogen-bond acceptors (Lipinski definition) is 4. The van der Waals surface area contributed by atoms with E-state index in [9.17, 15) is 4.39 Å². The third-order valence-electron chi connectivity index (χ3n) is 2.17. The molecule has 0 amide bonds. The molecule has 0 aliphatic rings. The van der Waals surface area contributed by atoms with Crippen molar-refractivity contribution >= 4 is 17.3 Å². The number of nitrogens with zero attached hydrogens (tertiary/aromatic N) is 2. The van der Waals surface area contributed by atoms with Gasteiger partial charge in [-0.15, -0.1) is 0 Å². The lowest BCUT2D eigenvalue weighted by Crippen LogP contribution is -2.01. The van der Waals surface area contributed by atoms with Crippen LogP contribution in [-0.4, -0.2) is 9.97 Å². The van der Waals surface area contributed by atoms with E-state index >= 15 is 0 Å². The summed E-state index contributed by atoms with van der Waals surface area (Å²) in [5, 5.41) is 3.00. The number of anilines is 3. The first-order valence-corrected chi connectivity index (χ1v) is 5.18. The molecule has 0 bridgehead atoms. The van der Waals surface area contributed by atoms with Gasteiger partial charge in [-0.3, -0.25) is 0 Å². The topological polar surface area (TPSA) is 63.8 Å². The zero-order valence-corrected chi connectivity index (χ0v) is 9.66. The van der Waals surface area contributed by atoms with E-state index in [0.29, 0.717) is 23.1 Å². The lowest BCUT2D eigenvalue weighted by molar-refractivity contribution is 0.627. The molecule has 0 aliphatic heterocycles. The van der Waals surface area contributed by atoms with Crippen LogP contribution in [0.2, 0.25) is 0 Å². The SMILES string of the molecule is Cc1cc(F)cc(Nc2cc(N)nc(C)n2)c1. The van der Waals surface area contributed by atoms with E-state index in [4.69, 9.17) is 5.73 Å². The molecule has 1 aromatic heterocycles. The number of aromatic nitrogens is 2. The van der Waals surface area contributed by atoms with Crippen LogP contribution in [0, 0.1) is 19.7 Å². The van der Waals surface area contributed by atoms with Gasteiger partial charge in [0, 0.05) is 11.8 Å². The van der Waals surface area contributed by atoms with Crippen molar-refractivity contribution in [2.45, 2.75) is 13.8 Å². The van der Waals surface area contributed by atoms with Gasteiger partial charge in [0.05, 0.1) is 0 Å². The fourth-order valence-electron chi connectivity index (χ4n) is 1.61. The average molecular weight is 232 g/mol. The second-order valence-corrected chi connectivity index (χ2v) is 3.87. The second kappa shape index (κ2) is 4.37. The molecule has 88 valence electrons. The molecule has 5 heteroatoms. The summed E-state index contributed by atoms with van der Waals surface area (Å²) in [7, 11) is 0. The molecule has 0 saturated heterocycles. The Labute approximate surface area is 98.7 Å². The number of nitrogens with two attached hydrogens (primary N) is 1. The molecule has 17 heavy (non-hydrogen) atoms. The number of nitrogens with one attached hydrogen (secondary N) is 1. The van der Waals surface area contributed by atoms with Crippen molar-refractivity contribution in [1.29, 1.82) is 0 Å². The Balaban J connectivity index is 2.31. The largest absolute Gasteiger partial charge is 0.384 e. The predicted molar refractivity (Wildman–Crippen MR) is 65.6 cm³/mol. The summed E-state index contributed by atoms with van der Waals surface area (Å²) in [6, 6.07) is 6.30. The molecule has 1 heterocycles. The van der Waals surface area contributed by atoms with Crippen LogP contribution >= 0.6 is 0 Å². The molecule has 0 spiro atoms. The van der Waals surface area contributed by atoms with E-state index in [0.717, 1.165) is 5.56 Å². The van der Waals surface area contributed by atoms with Gasteiger partial charge in [-0.25, -0.2) is 14.4 Å². The number of benzene rings is 1. The summed E-state index contributed by atoms with van der Waals surface area (Å²) >= 11 is 0. The quantitative estimate of drug-likeness (QED) is 0.835. The van der Waals surface area contributed by atoms with E-state index in [2.05, 4.69) is 15.3 Å². The minimum atomic E-state index is -0.286. The monoisotopic (exact) mass is 232 g/mol. The van der Waals surface area contributed by atoms with Gasteiger partial charge in [0.2, 0.25) is 0 Å². The Morgan fingerprint density at radius 3 is 2.53 bits per heavy atom. The summed E-state index contributed by atoms with van der Waals surface area (Å²) in [6.07, 6.45) is 0. The minimum absolute atomic E-state index is 0.286. The van der Waals surface area contributed by atoms with Crippen molar-refractivity contribution in [3.63, 3.8) is 0 Å². The van der Waals surface area contributed by atoms with Crippen LogP contribution in [0.25, 0.3) is 0 Å². The maximum Gasteiger partial charge on any atom is 0.136 e. The van der Waals surface area contributed by atoms with Gasteiger partial charge < -0.3 is 11.1 Å². The summed E-state index contributed by atoms with van der Waals surface area (Å²) in [5.41, 5.74) is 7.09. The van der Waals surface area contributed by atoms with Gasteiger partial charge in [0.15, 0.2) is 0 Å². The maximum atomic E-state index is 13.2. The molecule has 4 nitrogen and oxygen atoms in total. The molecular weight excluding hydrogens is 219 g/mol. The maximum absolute atomic E-state index is 13.2. The van der Waals surface area contributed by atoms with Crippen molar-refractivity contribution in [1.82, 2.24) is 9.97 Å². The Bertz CT molecular complexity index is 464. The predicted octanol–water partition coefficient (Wildman–Crippen LogP) is 2.56. The first-order chi connectivity index (χ1) is 8.02. The molecule has 2 aromatic rings. The normalized spacial score (nSPS) is 10.3. The van der Waals surface area contributed by atoms with E-state index in [-0.39, 0.29) is 5.82 Å². The molecule has 0 radical (unpaired) electrons. The van der Waals surface area contributed by atoms with Crippen molar-refractivity contribution in [3.8, 4) is 0 Å². The highest BCUT2D eigenvalue weighted by molar-refractivity contribution is 5.59. The van der Waals surface area contributed by atoms with Crippen molar-refractivity contribution in [2.24, 2.45) is 0 Å². The minimum Gasteiger partial charge on any atom is -0.384 e. The lowest BCUT2D eigenvalue weighted by atomic mass is 10.2. The van der Waals surface area contributed by atoms with Crippen molar-refractivity contribution < 1.29 is 4.39 Å². The first kappa shape index (κ1) is 11.3. The molecule has 1 aromatic carbocycles. The van der Waals surface area contributed by atoms with Gasteiger partial charge in [-0.05, 0) is 37.6 Å². The standard InChI is InChI=1S/C12H13FN4/c1-7-3-9(13)5-10(4-7)17-12-6-11(14)15-8(2)16-12/h3-6H,1-2H3,(H3,14,15,16,17). The third-order valence-corrected chi connectivity index (χ3v) is 2.17. The van der Waals surface area contributed by atoms with Crippen LogP contribution in [0.4, 0.5) is 21.7 Å². The summed E-state index contributed by atoms with van der Waals surface area (Å²) in [6.45, 7) is 3.58. The summed E-state index contributed by atoms with van der Waals surface area (Å²) in [5.74, 6) is 1.22. The van der Waals surface area contributed by atoms with Crippen LogP contribution < -0.4 is 11.1 Å². The second-order valence-electron chi connectivity index (χ2n) is 3.87. The molecule has 0 aliphatic carbocycles. The molecule has 0 atom stereocenters. The Hall–Kier alpha value is -2.17. The van der Waals surface area contributed by atoms with E-state index in [1.54, 1.807) is 13.0 Å². The molecule has 2 rings (SSSR count). The van der Waals surface area contributed by atoms with Crippen LogP contribution in [0.1, 0.15) is 11.4 Å². The molecule has 3 N–H and O–H groups in total. The van der Waals surface area contributed by atoms with Gasteiger partial charge in [0.1, 0.15) is 23.3 Å². The molecule has 0 saturated carbocycles. The van der Waals surface area contributed by atoms with E-state index in [1.165, 1.54) is 12.1 Å². The number of nitrogen functional groups attached to an aromatic ring is 1. The zero-order valence-electron chi connectivity index (χ0n) is 9.66. The van der Waals surface area contributed by atoms with E-state index < -0.39 is 0 Å². The Morgan fingerprint density at radius 2 is 1.88 bits per heavy atom. The fraction of sp³-hybridized carbons (Fsp3) is 0.167. The third kappa shape index (κ3) is 2.90. The van der Waals surface area contributed by atoms with Gasteiger partial charge in [0.25, 0.3) is 0 Å². The number of hydrogen-bond donors (Lipinski definition) is 2. The smallest absolute Gasteiger partial charge is 0.136 e. The van der Waals surface area contributed by atoms with Crippen LogP contribution in [0.3, 0.4) is 0 Å². The van der Waals surface area contributed by atoms with Gasteiger partial charge in [-0.1, -0.05) is 0 Å². The number of rotatable bonds is 2. The summed E-state index contributed by atoms with van der Waals surface area (Å²) < 4.78 is 13.2. The fourth-order valence-corrected chi connectivity index (χ4v) is 1.61. The highest BCUT2D eigenvalue weighted by Gasteiger charge is 2.02. The molecule has 0 fully saturated rings. The average Bonchev–Trinajstić information content (AvgIpc) is 2.13. The summed E-state index contributed by atoms with van der Waals surface area (Å²) in [4.78, 5) is 8.13. The highest BCUT2D eigenvalue weighted by Crippen LogP contribution is 2.18. The van der Waals surface area contributed by atoms with Gasteiger partial charge >= 0.3 is 0 Å². The van der Waals surface area contributed by atoms with Crippen LogP contribution in [0.5, 0.6) is 0 Å². The zero-order chi connectivity index (χ0) is 12.4. The molecule has 0 unspecified atom stereocenters. The first-order valence-electron chi connectivity index (χ1n) is 5.18. The van der Waals surface area contributed by atoms with Crippen LogP contribution in [0.15, 0.2) is 24.3 Å². The van der Waals surface area contributed by atoms with E-state index in [1.807, 2.05) is 13.0 Å². The number of aryl methyl sites for hydroxylation is 2. The van der Waals surface area contributed by atoms with Crippen molar-refractivity contribution in [3.05, 3.63) is 41.5 Å². The highest BCUT2D eigenvalue weighted by atomic mass is 19.1. The van der Waals surface area contributed by atoms with Crippen molar-refractivity contribution in [2.75, 3.05) is 11.1 Å². The van der Waals surface area contributed by atoms with Gasteiger partial charge in [-0.2, -0.15) is 0 Å².